The second-order valence-corrected chi connectivity index (χ2v) is 5.13. The van der Waals surface area contributed by atoms with E-state index in [2.05, 4.69) is 0 Å². The number of hydrogen-bond donors (Lipinski definition) is 1. The van der Waals surface area contributed by atoms with Crippen molar-refractivity contribution >= 4 is 5.97 Å². The van der Waals surface area contributed by atoms with Crippen LogP contribution in [-0.2, 0) is 10.2 Å². The minimum Gasteiger partial charge on any atom is -0.496 e. The molecule has 18 heavy (non-hydrogen) atoms. The molecule has 0 atom stereocenters. The van der Waals surface area contributed by atoms with E-state index in [0.717, 1.165) is 49.0 Å². The molecular weight excluding hydrogens is 228 g/mol. The summed E-state index contributed by atoms with van der Waals surface area (Å²) in [4.78, 5) is 11.7. The van der Waals surface area contributed by atoms with Crippen LogP contribution >= 0.6 is 0 Å². The molecule has 0 aromatic heterocycles. The lowest BCUT2D eigenvalue weighted by Gasteiger charge is -2.34. The first-order valence-electron chi connectivity index (χ1n) is 6.49. The summed E-state index contributed by atoms with van der Waals surface area (Å²) < 4.78 is 5.31. The molecule has 1 aliphatic carbocycles. The number of benzene rings is 1. The third-order valence-electron chi connectivity index (χ3n) is 4.08. The summed E-state index contributed by atoms with van der Waals surface area (Å²) in [5.74, 6) is 0.0757. The smallest absolute Gasteiger partial charge is 0.314 e. The molecule has 0 amide bonds. The van der Waals surface area contributed by atoms with Crippen molar-refractivity contribution in [2.45, 2.75) is 44.4 Å². The highest BCUT2D eigenvalue weighted by atomic mass is 16.5. The van der Waals surface area contributed by atoms with Gasteiger partial charge < -0.3 is 9.84 Å². The average molecular weight is 248 g/mol. The Labute approximate surface area is 108 Å². The van der Waals surface area contributed by atoms with Crippen molar-refractivity contribution in [2.24, 2.45) is 0 Å². The van der Waals surface area contributed by atoms with Crippen LogP contribution in [0.3, 0.4) is 0 Å². The van der Waals surface area contributed by atoms with Gasteiger partial charge in [0.15, 0.2) is 0 Å². The molecule has 0 bridgehead atoms. The Kier molecular flexibility index (Phi) is 3.60. The van der Waals surface area contributed by atoms with Gasteiger partial charge in [0.25, 0.3) is 0 Å². The number of carboxylic acids is 1. The molecule has 0 aliphatic heterocycles. The maximum Gasteiger partial charge on any atom is 0.314 e. The summed E-state index contributed by atoms with van der Waals surface area (Å²) in [6.07, 6.45) is 4.58. The molecule has 1 saturated carbocycles. The molecule has 0 unspecified atom stereocenters. The first-order valence-corrected chi connectivity index (χ1v) is 6.49. The summed E-state index contributed by atoms with van der Waals surface area (Å²) in [6, 6.07) is 5.79. The van der Waals surface area contributed by atoms with Gasteiger partial charge in [0, 0.05) is 0 Å². The Hall–Kier alpha value is -1.51. The van der Waals surface area contributed by atoms with E-state index in [1.807, 2.05) is 25.1 Å². The molecule has 3 heteroatoms. The standard InChI is InChI=1S/C15H20O3/c1-11-6-7-12(10-13(11)18-2)15(14(16)17)8-4-3-5-9-15/h6-7,10H,3-5,8-9H2,1-2H3,(H,16,17). The molecule has 0 radical (unpaired) electrons. The lowest BCUT2D eigenvalue weighted by molar-refractivity contribution is -0.145. The molecule has 2 rings (SSSR count). The molecule has 3 nitrogen and oxygen atoms in total. The normalized spacial score (nSPS) is 18.3. The number of carboxylic acid groups (broad SMARTS) is 1. The third kappa shape index (κ3) is 2.09. The van der Waals surface area contributed by atoms with Gasteiger partial charge in [-0.3, -0.25) is 4.79 Å². The van der Waals surface area contributed by atoms with Crippen molar-refractivity contribution in [1.82, 2.24) is 0 Å². The minimum absolute atomic E-state index is 0.701. The molecule has 1 aromatic rings. The molecular formula is C15H20O3. The van der Waals surface area contributed by atoms with E-state index in [4.69, 9.17) is 4.74 Å². The molecule has 98 valence electrons. The zero-order chi connectivity index (χ0) is 13.2. The summed E-state index contributed by atoms with van der Waals surface area (Å²) >= 11 is 0. The summed E-state index contributed by atoms with van der Waals surface area (Å²) in [6.45, 7) is 1.97. The largest absolute Gasteiger partial charge is 0.496 e. The fourth-order valence-electron chi connectivity index (χ4n) is 2.90. The van der Waals surface area contributed by atoms with Crippen LogP contribution in [0.2, 0.25) is 0 Å². The van der Waals surface area contributed by atoms with Crippen LogP contribution in [0.25, 0.3) is 0 Å². The highest BCUT2D eigenvalue weighted by Crippen LogP contribution is 2.41. The summed E-state index contributed by atoms with van der Waals surface area (Å²) in [5.41, 5.74) is 1.22. The number of carbonyl (C=O) groups is 1. The van der Waals surface area contributed by atoms with Crippen LogP contribution in [-0.4, -0.2) is 18.2 Å². The van der Waals surface area contributed by atoms with Gasteiger partial charge in [-0.25, -0.2) is 0 Å². The maximum absolute atomic E-state index is 11.7. The Bertz CT molecular complexity index is 445. The number of hydrogen-bond acceptors (Lipinski definition) is 2. The third-order valence-corrected chi connectivity index (χ3v) is 4.08. The number of rotatable bonds is 3. The van der Waals surface area contributed by atoms with Gasteiger partial charge in [-0.2, -0.15) is 0 Å². The average Bonchev–Trinajstić information content (AvgIpc) is 2.40. The SMILES string of the molecule is COc1cc(C2(C(=O)O)CCCCC2)ccc1C. The van der Waals surface area contributed by atoms with Crippen LogP contribution < -0.4 is 4.74 Å². The van der Waals surface area contributed by atoms with Gasteiger partial charge in [0.05, 0.1) is 12.5 Å². The lowest BCUT2D eigenvalue weighted by Crippen LogP contribution is -2.37. The molecule has 0 saturated heterocycles. The minimum atomic E-state index is -0.709. The topological polar surface area (TPSA) is 46.5 Å². The number of ether oxygens (including phenoxy) is 1. The van der Waals surface area contributed by atoms with Crippen LogP contribution in [0.4, 0.5) is 0 Å². The monoisotopic (exact) mass is 248 g/mol. The van der Waals surface area contributed by atoms with E-state index in [1.54, 1.807) is 7.11 Å². The predicted molar refractivity (Wildman–Crippen MR) is 70.1 cm³/mol. The quantitative estimate of drug-likeness (QED) is 0.892. The molecule has 1 fully saturated rings. The van der Waals surface area contributed by atoms with E-state index < -0.39 is 11.4 Å². The van der Waals surface area contributed by atoms with E-state index in [1.165, 1.54) is 0 Å². The molecule has 1 aromatic carbocycles. The van der Waals surface area contributed by atoms with Gasteiger partial charge in [-0.1, -0.05) is 31.4 Å². The van der Waals surface area contributed by atoms with Gasteiger partial charge >= 0.3 is 5.97 Å². The second-order valence-electron chi connectivity index (χ2n) is 5.13. The van der Waals surface area contributed by atoms with Gasteiger partial charge in [-0.05, 0) is 37.0 Å². The van der Waals surface area contributed by atoms with Crippen molar-refractivity contribution in [2.75, 3.05) is 7.11 Å². The van der Waals surface area contributed by atoms with Crippen molar-refractivity contribution in [3.8, 4) is 5.75 Å². The molecule has 1 N–H and O–H groups in total. The van der Waals surface area contributed by atoms with E-state index in [0.29, 0.717) is 0 Å². The van der Waals surface area contributed by atoms with Crippen molar-refractivity contribution in [3.63, 3.8) is 0 Å². The van der Waals surface area contributed by atoms with Crippen molar-refractivity contribution in [3.05, 3.63) is 29.3 Å². The highest BCUT2D eigenvalue weighted by Gasteiger charge is 2.41. The summed E-state index contributed by atoms with van der Waals surface area (Å²) in [5, 5.41) is 9.63. The second kappa shape index (κ2) is 5.01. The highest BCUT2D eigenvalue weighted by molar-refractivity contribution is 5.81. The first kappa shape index (κ1) is 12.9. The Balaban J connectivity index is 2.45. The Morgan fingerprint density at radius 2 is 1.94 bits per heavy atom. The number of aliphatic carboxylic acids is 1. The van der Waals surface area contributed by atoms with E-state index in [9.17, 15) is 9.90 Å². The van der Waals surface area contributed by atoms with E-state index >= 15 is 0 Å². The zero-order valence-electron chi connectivity index (χ0n) is 11.0. The van der Waals surface area contributed by atoms with Crippen LogP contribution in [0.15, 0.2) is 18.2 Å². The zero-order valence-corrected chi connectivity index (χ0v) is 11.0. The fourth-order valence-corrected chi connectivity index (χ4v) is 2.90. The van der Waals surface area contributed by atoms with Gasteiger partial charge in [-0.15, -0.1) is 0 Å². The van der Waals surface area contributed by atoms with Gasteiger partial charge in [0.2, 0.25) is 0 Å². The lowest BCUT2D eigenvalue weighted by atomic mass is 9.69. The first-order chi connectivity index (χ1) is 8.60. The Morgan fingerprint density at radius 3 is 2.50 bits per heavy atom. The fraction of sp³-hybridized carbons (Fsp3) is 0.533. The molecule has 0 spiro atoms. The maximum atomic E-state index is 11.7. The van der Waals surface area contributed by atoms with Crippen molar-refractivity contribution in [1.29, 1.82) is 0 Å². The van der Waals surface area contributed by atoms with Crippen LogP contribution in [0.5, 0.6) is 5.75 Å². The summed E-state index contributed by atoms with van der Waals surface area (Å²) in [7, 11) is 1.63. The van der Waals surface area contributed by atoms with Gasteiger partial charge in [0.1, 0.15) is 5.75 Å². The number of aryl methyl sites for hydroxylation is 1. The predicted octanol–water partition coefficient (Wildman–Crippen LogP) is 3.29. The van der Waals surface area contributed by atoms with Crippen LogP contribution in [0.1, 0.15) is 43.2 Å². The Morgan fingerprint density at radius 1 is 1.28 bits per heavy atom. The molecule has 1 aliphatic rings. The number of methoxy groups -OCH3 is 1. The van der Waals surface area contributed by atoms with E-state index in [-0.39, 0.29) is 0 Å². The van der Waals surface area contributed by atoms with Crippen molar-refractivity contribution < 1.29 is 14.6 Å². The van der Waals surface area contributed by atoms with Crippen LogP contribution in [0, 0.1) is 6.92 Å². The molecule has 0 heterocycles.